The molecule has 3 fully saturated rings. The van der Waals surface area contributed by atoms with E-state index in [1.54, 1.807) is 16.7 Å². The lowest BCUT2D eigenvalue weighted by molar-refractivity contribution is -0.140. The lowest BCUT2D eigenvalue weighted by atomic mass is 9.84. The van der Waals surface area contributed by atoms with E-state index in [9.17, 15) is 9.59 Å². The number of likely N-dealkylation sites (tertiary alicyclic amines) is 1. The minimum Gasteiger partial charge on any atom is -0.351 e. The van der Waals surface area contributed by atoms with Crippen LogP contribution >= 0.6 is 11.8 Å². The number of nitrogens with zero attached hydrogens (tertiary/aromatic N) is 2. The van der Waals surface area contributed by atoms with Crippen LogP contribution in [-0.2, 0) is 9.59 Å². The number of hydrogen-bond acceptors (Lipinski definition) is 4. The Morgan fingerprint density at radius 2 is 1.80 bits per heavy atom. The molecule has 2 heterocycles. The molecule has 2 amide bonds. The van der Waals surface area contributed by atoms with Gasteiger partial charge >= 0.3 is 0 Å². The monoisotopic (exact) mass is 367 g/mol. The molecule has 0 spiro atoms. The van der Waals surface area contributed by atoms with Crippen molar-refractivity contribution >= 4 is 23.6 Å². The second-order valence-electron chi connectivity index (χ2n) is 9.04. The second-order valence-corrected chi connectivity index (χ2v) is 10.0. The van der Waals surface area contributed by atoms with Gasteiger partial charge in [0.05, 0.1) is 5.88 Å². The van der Waals surface area contributed by atoms with E-state index in [1.165, 1.54) is 32.4 Å². The second kappa shape index (κ2) is 7.87. The predicted octanol–water partition coefficient (Wildman–Crippen LogP) is 2.46. The largest absolute Gasteiger partial charge is 0.351 e. The summed E-state index contributed by atoms with van der Waals surface area (Å²) in [7, 11) is 0. The van der Waals surface area contributed by atoms with Crippen molar-refractivity contribution in [1.29, 1.82) is 0 Å². The maximum atomic E-state index is 12.7. The van der Waals surface area contributed by atoms with Crippen molar-refractivity contribution in [2.24, 2.45) is 5.41 Å². The topological polar surface area (TPSA) is 52.7 Å². The molecule has 0 aromatic heterocycles. The van der Waals surface area contributed by atoms with Crippen molar-refractivity contribution < 1.29 is 9.59 Å². The molecule has 2 aliphatic heterocycles. The van der Waals surface area contributed by atoms with Gasteiger partial charge in [0.15, 0.2) is 0 Å². The van der Waals surface area contributed by atoms with Gasteiger partial charge in [-0.3, -0.25) is 9.59 Å². The standard InChI is InChI=1S/C19H33N3O2S/c1-19(2,3)11-17(23)22-13-25-12-16(22)18(24)20-14-9-15(10-14)21-7-5-4-6-8-21/h14-16H,4-13H2,1-3H3,(H,20,24)/t14?,15?,16-/m0/s1. The number of nitrogens with one attached hydrogen (secondary N) is 1. The number of carbonyl (C=O) groups is 2. The summed E-state index contributed by atoms with van der Waals surface area (Å²) in [6.45, 7) is 8.65. The lowest BCUT2D eigenvalue weighted by Crippen LogP contribution is -2.58. The molecule has 1 aliphatic carbocycles. The first-order valence-corrected chi connectivity index (χ1v) is 10.9. The zero-order valence-electron chi connectivity index (χ0n) is 15.9. The van der Waals surface area contributed by atoms with Gasteiger partial charge in [0.1, 0.15) is 6.04 Å². The van der Waals surface area contributed by atoms with Crippen molar-refractivity contribution in [3.8, 4) is 0 Å². The molecule has 25 heavy (non-hydrogen) atoms. The molecule has 0 radical (unpaired) electrons. The first kappa shape index (κ1) is 19.0. The van der Waals surface area contributed by atoms with E-state index >= 15 is 0 Å². The molecule has 3 rings (SSSR count). The normalized spacial score (nSPS) is 30.8. The van der Waals surface area contributed by atoms with Crippen LogP contribution in [0, 0.1) is 5.41 Å². The number of thioether (sulfide) groups is 1. The van der Waals surface area contributed by atoms with E-state index in [-0.39, 0.29) is 23.3 Å². The molecular weight excluding hydrogens is 334 g/mol. The maximum absolute atomic E-state index is 12.7. The third kappa shape index (κ3) is 4.91. The fraction of sp³-hybridized carbons (Fsp3) is 0.895. The first-order chi connectivity index (χ1) is 11.8. The Morgan fingerprint density at radius 1 is 1.12 bits per heavy atom. The van der Waals surface area contributed by atoms with E-state index < -0.39 is 0 Å². The van der Waals surface area contributed by atoms with Gasteiger partial charge in [0.2, 0.25) is 11.8 Å². The Bertz CT molecular complexity index is 493. The van der Waals surface area contributed by atoms with Gasteiger partial charge in [-0.15, -0.1) is 11.8 Å². The van der Waals surface area contributed by atoms with Crippen LogP contribution in [0.1, 0.15) is 59.3 Å². The van der Waals surface area contributed by atoms with Gasteiger partial charge in [0.25, 0.3) is 0 Å². The Balaban J connectivity index is 1.45. The van der Waals surface area contributed by atoms with Crippen LogP contribution in [0.3, 0.4) is 0 Å². The smallest absolute Gasteiger partial charge is 0.243 e. The molecule has 6 heteroatoms. The zero-order valence-corrected chi connectivity index (χ0v) is 16.7. The number of rotatable bonds is 4. The highest BCUT2D eigenvalue weighted by atomic mass is 32.2. The zero-order chi connectivity index (χ0) is 18.0. The fourth-order valence-corrected chi connectivity index (χ4v) is 5.23. The van der Waals surface area contributed by atoms with Gasteiger partial charge in [0, 0.05) is 24.3 Å². The van der Waals surface area contributed by atoms with Crippen LogP contribution in [0.5, 0.6) is 0 Å². The number of piperidine rings is 1. The summed E-state index contributed by atoms with van der Waals surface area (Å²) in [5.41, 5.74) is -0.0407. The fourth-order valence-electron chi connectivity index (χ4n) is 4.05. The first-order valence-electron chi connectivity index (χ1n) is 9.75. The van der Waals surface area contributed by atoms with Crippen molar-refractivity contribution in [3.63, 3.8) is 0 Å². The highest BCUT2D eigenvalue weighted by Crippen LogP contribution is 2.30. The summed E-state index contributed by atoms with van der Waals surface area (Å²) in [4.78, 5) is 29.6. The summed E-state index contributed by atoms with van der Waals surface area (Å²) in [6.07, 6.45) is 6.64. The SMILES string of the molecule is CC(C)(C)CC(=O)N1CSC[C@H]1C(=O)NC1CC(N2CCCCC2)C1. The van der Waals surface area contributed by atoms with Crippen LogP contribution in [0.25, 0.3) is 0 Å². The van der Waals surface area contributed by atoms with Gasteiger partial charge in [-0.1, -0.05) is 27.2 Å². The molecule has 0 aromatic rings. The Labute approximate surface area is 156 Å². The van der Waals surface area contributed by atoms with E-state index in [4.69, 9.17) is 0 Å². The quantitative estimate of drug-likeness (QED) is 0.829. The number of hydrogen-bond donors (Lipinski definition) is 1. The summed E-state index contributed by atoms with van der Waals surface area (Å²) in [5.74, 6) is 1.53. The Morgan fingerprint density at radius 3 is 2.44 bits per heavy atom. The number of amides is 2. The van der Waals surface area contributed by atoms with Crippen LogP contribution in [0.15, 0.2) is 0 Å². The Kier molecular flexibility index (Phi) is 5.99. The maximum Gasteiger partial charge on any atom is 0.243 e. The van der Waals surface area contributed by atoms with Crippen LogP contribution in [0.2, 0.25) is 0 Å². The van der Waals surface area contributed by atoms with Gasteiger partial charge < -0.3 is 15.1 Å². The molecule has 0 bridgehead atoms. The summed E-state index contributed by atoms with van der Waals surface area (Å²) < 4.78 is 0. The highest BCUT2D eigenvalue weighted by Gasteiger charge is 2.39. The van der Waals surface area contributed by atoms with Gasteiger partial charge in [-0.25, -0.2) is 0 Å². The summed E-state index contributed by atoms with van der Waals surface area (Å²) >= 11 is 1.68. The van der Waals surface area contributed by atoms with Gasteiger partial charge in [-0.2, -0.15) is 0 Å². The lowest BCUT2D eigenvalue weighted by Gasteiger charge is -2.45. The van der Waals surface area contributed by atoms with Gasteiger partial charge in [-0.05, 0) is 44.2 Å². The number of carbonyl (C=O) groups excluding carboxylic acids is 2. The van der Waals surface area contributed by atoms with E-state index in [0.717, 1.165) is 18.6 Å². The molecule has 5 nitrogen and oxygen atoms in total. The molecule has 1 saturated carbocycles. The molecule has 2 saturated heterocycles. The molecule has 0 aromatic carbocycles. The third-order valence-corrected chi connectivity index (χ3v) is 6.57. The molecule has 1 atom stereocenters. The van der Waals surface area contributed by atoms with E-state index in [1.807, 2.05) is 0 Å². The average Bonchev–Trinajstić information content (AvgIpc) is 2.99. The summed E-state index contributed by atoms with van der Waals surface area (Å²) in [6, 6.07) is 0.667. The van der Waals surface area contributed by atoms with Crippen LogP contribution < -0.4 is 5.32 Å². The predicted molar refractivity (Wildman–Crippen MR) is 102 cm³/mol. The average molecular weight is 368 g/mol. The Hall–Kier alpha value is -0.750. The minimum absolute atomic E-state index is 0.0407. The van der Waals surface area contributed by atoms with E-state index in [2.05, 4.69) is 31.0 Å². The molecule has 3 aliphatic rings. The van der Waals surface area contributed by atoms with Crippen LogP contribution in [-0.4, -0.2) is 64.5 Å². The molecule has 0 unspecified atom stereocenters. The summed E-state index contributed by atoms with van der Waals surface area (Å²) in [5, 5.41) is 3.20. The molecule has 1 N–H and O–H groups in total. The van der Waals surface area contributed by atoms with Crippen LogP contribution in [0.4, 0.5) is 0 Å². The van der Waals surface area contributed by atoms with Crippen molar-refractivity contribution in [1.82, 2.24) is 15.1 Å². The van der Waals surface area contributed by atoms with Crippen molar-refractivity contribution in [2.75, 3.05) is 24.7 Å². The molecular formula is C19H33N3O2S. The van der Waals surface area contributed by atoms with Crippen molar-refractivity contribution in [3.05, 3.63) is 0 Å². The third-order valence-electron chi connectivity index (χ3n) is 5.55. The highest BCUT2D eigenvalue weighted by molar-refractivity contribution is 7.99. The minimum atomic E-state index is -0.283. The van der Waals surface area contributed by atoms with E-state index in [0.29, 0.717) is 24.4 Å². The molecule has 142 valence electrons. The van der Waals surface area contributed by atoms with Crippen molar-refractivity contribution in [2.45, 2.75) is 77.4 Å².